The fourth-order valence-corrected chi connectivity index (χ4v) is 6.51. The maximum Gasteiger partial charge on any atom is 0.249 e. The lowest BCUT2D eigenvalue weighted by atomic mass is 9.88. The lowest BCUT2D eigenvalue weighted by Gasteiger charge is -2.27. The number of methoxy groups -OCH3 is 1. The number of anilines is 4. The van der Waals surface area contributed by atoms with E-state index in [1.807, 2.05) is 19.1 Å². The molecular formula is C29H37ClN8O4. The standard InChI is InChI=1S/C29H37ClN8O4/c1-5-38-21-11-10-19(25(42-4)17(21)8-9-20(28(38)41)33-22(39)14-37(2)3)34-29-32-13-18(30)27(36-29)35-24-16-7-6-15(12-16)23(24)26(31)40/h6-7,10-11,13,15-16,20,23-24H,5,8-9,12,14H2,1-4H3,(H2,31,40)(H,33,39)(H2,32,34,35,36)/t15-,16+,20?,23+,24?/m1/s1. The van der Waals surface area contributed by atoms with E-state index in [2.05, 4.69) is 38.1 Å². The number of carbonyl (C=O) groups is 3. The van der Waals surface area contributed by atoms with Gasteiger partial charge in [-0.15, -0.1) is 0 Å². The molecule has 5 atom stereocenters. The van der Waals surface area contributed by atoms with E-state index in [1.165, 1.54) is 6.20 Å². The van der Waals surface area contributed by atoms with Crippen LogP contribution in [0.5, 0.6) is 5.75 Å². The lowest BCUT2D eigenvalue weighted by Crippen LogP contribution is -2.49. The molecule has 1 aromatic carbocycles. The molecule has 1 aliphatic heterocycles. The minimum atomic E-state index is -0.649. The molecule has 2 bridgehead atoms. The highest BCUT2D eigenvalue weighted by atomic mass is 35.5. The zero-order chi connectivity index (χ0) is 30.1. The summed E-state index contributed by atoms with van der Waals surface area (Å²) in [6, 6.07) is 2.82. The second-order valence-electron chi connectivity index (χ2n) is 11.2. The molecule has 3 aliphatic rings. The average Bonchev–Trinajstić information content (AvgIpc) is 3.52. The Labute approximate surface area is 250 Å². The molecule has 2 unspecified atom stereocenters. The van der Waals surface area contributed by atoms with Crippen LogP contribution in [-0.4, -0.2) is 79.0 Å². The first kappa shape index (κ1) is 29.6. The van der Waals surface area contributed by atoms with Crippen molar-refractivity contribution in [3.63, 3.8) is 0 Å². The molecule has 2 aromatic rings. The Morgan fingerprint density at radius 3 is 2.69 bits per heavy atom. The maximum absolute atomic E-state index is 13.4. The number of allylic oxidation sites excluding steroid dienone is 1. The normalized spacial score (nSPS) is 24.4. The van der Waals surface area contributed by atoms with Crippen molar-refractivity contribution in [3.05, 3.63) is 41.1 Å². The van der Waals surface area contributed by atoms with Gasteiger partial charge in [0.05, 0.1) is 37.1 Å². The van der Waals surface area contributed by atoms with Gasteiger partial charge in [-0.3, -0.25) is 14.4 Å². The van der Waals surface area contributed by atoms with E-state index >= 15 is 0 Å². The van der Waals surface area contributed by atoms with Crippen molar-refractivity contribution in [2.24, 2.45) is 23.5 Å². The molecule has 5 N–H and O–H groups in total. The Hall–Kier alpha value is -3.90. The number of rotatable bonds is 10. The van der Waals surface area contributed by atoms with E-state index in [0.717, 1.165) is 17.7 Å². The van der Waals surface area contributed by atoms with Crippen molar-refractivity contribution in [1.29, 1.82) is 0 Å². The molecule has 5 rings (SSSR count). The number of hydrogen-bond donors (Lipinski definition) is 4. The zero-order valence-corrected chi connectivity index (χ0v) is 24.9. The highest BCUT2D eigenvalue weighted by Crippen LogP contribution is 2.45. The van der Waals surface area contributed by atoms with Gasteiger partial charge >= 0.3 is 0 Å². The summed E-state index contributed by atoms with van der Waals surface area (Å²) < 4.78 is 5.85. The smallest absolute Gasteiger partial charge is 0.249 e. The summed E-state index contributed by atoms with van der Waals surface area (Å²) in [5.41, 5.74) is 7.91. The highest BCUT2D eigenvalue weighted by molar-refractivity contribution is 6.32. The summed E-state index contributed by atoms with van der Waals surface area (Å²) in [4.78, 5) is 50.5. The van der Waals surface area contributed by atoms with Crippen molar-refractivity contribution in [1.82, 2.24) is 20.2 Å². The van der Waals surface area contributed by atoms with Crippen molar-refractivity contribution in [3.8, 4) is 5.75 Å². The first-order valence-electron chi connectivity index (χ1n) is 14.1. The monoisotopic (exact) mass is 596 g/mol. The molecule has 42 heavy (non-hydrogen) atoms. The van der Waals surface area contributed by atoms with Crippen molar-refractivity contribution < 1.29 is 19.1 Å². The number of carbonyl (C=O) groups excluding carboxylic acids is 3. The molecule has 12 nitrogen and oxygen atoms in total. The largest absolute Gasteiger partial charge is 0.494 e. The number of aromatic nitrogens is 2. The van der Waals surface area contributed by atoms with Crippen LogP contribution in [0.1, 0.15) is 25.3 Å². The minimum Gasteiger partial charge on any atom is -0.494 e. The summed E-state index contributed by atoms with van der Waals surface area (Å²) in [7, 11) is 5.18. The average molecular weight is 597 g/mol. The van der Waals surface area contributed by atoms with Gasteiger partial charge in [0, 0.05) is 18.2 Å². The number of nitrogens with two attached hydrogens (primary N) is 1. The van der Waals surface area contributed by atoms with Crippen LogP contribution in [0.15, 0.2) is 30.5 Å². The third kappa shape index (κ3) is 5.73. The fourth-order valence-electron chi connectivity index (χ4n) is 6.36. The molecule has 0 saturated heterocycles. The Kier molecular flexibility index (Phi) is 8.55. The number of hydrogen-bond acceptors (Lipinski definition) is 9. The summed E-state index contributed by atoms with van der Waals surface area (Å²) in [5.74, 6) is 0.464. The number of amides is 3. The van der Waals surface area contributed by atoms with Gasteiger partial charge in [-0.1, -0.05) is 23.8 Å². The van der Waals surface area contributed by atoms with Crippen LogP contribution in [0.2, 0.25) is 5.02 Å². The molecule has 13 heteroatoms. The van der Waals surface area contributed by atoms with Gasteiger partial charge in [-0.2, -0.15) is 4.98 Å². The van der Waals surface area contributed by atoms with Gasteiger partial charge in [0.15, 0.2) is 5.82 Å². The van der Waals surface area contributed by atoms with Crippen LogP contribution < -0.4 is 31.3 Å². The van der Waals surface area contributed by atoms with Gasteiger partial charge in [0.2, 0.25) is 23.7 Å². The Bertz CT molecular complexity index is 1420. The van der Waals surface area contributed by atoms with Crippen LogP contribution >= 0.6 is 11.6 Å². The Morgan fingerprint density at radius 1 is 1.24 bits per heavy atom. The molecule has 1 saturated carbocycles. The quantitative estimate of drug-likeness (QED) is 0.302. The number of likely N-dealkylation sites (N-methyl/N-ethyl adjacent to an activating group) is 2. The summed E-state index contributed by atoms with van der Waals surface area (Å²) in [5, 5.41) is 9.79. The predicted octanol–water partition coefficient (Wildman–Crippen LogP) is 2.32. The van der Waals surface area contributed by atoms with Gasteiger partial charge < -0.3 is 36.2 Å². The topological polar surface area (TPSA) is 155 Å². The number of nitrogens with zero attached hydrogens (tertiary/aromatic N) is 4. The molecule has 3 amide bonds. The van der Waals surface area contributed by atoms with E-state index in [0.29, 0.717) is 41.7 Å². The molecular weight excluding hydrogens is 560 g/mol. The minimum absolute atomic E-state index is 0.113. The van der Waals surface area contributed by atoms with Crippen LogP contribution in [0.25, 0.3) is 0 Å². The Balaban J connectivity index is 1.39. The molecule has 224 valence electrons. The van der Waals surface area contributed by atoms with E-state index < -0.39 is 6.04 Å². The number of benzene rings is 1. The van der Waals surface area contributed by atoms with Crippen LogP contribution in [0.4, 0.5) is 23.1 Å². The van der Waals surface area contributed by atoms with Crippen molar-refractivity contribution in [2.45, 2.75) is 38.3 Å². The van der Waals surface area contributed by atoms with Crippen LogP contribution in [0, 0.1) is 17.8 Å². The molecule has 2 heterocycles. The van der Waals surface area contributed by atoms with E-state index in [1.54, 1.807) is 31.0 Å². The zero-order valence-electron chi connectivity index (χ0n) is 24.2. The number of fused-ring (bicyclic) bond motifs is 3. The number of nitrogens with one attached hydrogen (secondary N) is 3. The van der Waals surface area contributed by atoms with E-state index in [9.17, 15) is 14.4 Å². The van der Waals surface area contributed by atoms with Gasteiger partial charge in [-0.25, -0.2) is 4.98 Å². The number of primary amides is 1. The maximum atomic E-state index is 13.4. The highest BCUT2D eigenvalue weighted by Gasteiger charge is 2.47. The lowest BCUT2D eigenvalue weighted by molar-refractivity contribution is -0.128. The van der Waals surface area contributed by atoms with Gasteiger partial charge in [-0.05, 0) is 64.3 Å². The molecule has 1 fully saturated rings. The Morgan fingerprint density at radius 2 is 2.00 bits per heavy atom. The summed E-state index contributed by atoms with van der Waals surface area (Å²) in [6.07, 6.45) is 7.46. The third-order valence-electron chi connectivity index (χ3n) is 8.17. The van der Waals surface area contributed by atoms with Gasteiger partial charge in [0.1, 0.15) is 16.8 Å². The second-order valence-corrected chi connectivity index (χ2v) is 11.6. The number of halogens is 1. The second kappa shape index (κ2) is 12.1. The number of ether oxygens (including phenoxy) is 1. The third-order valence-corrected chi connectivity index (χ3v) is 8.45. The SMILES string of the molecule is CCN1C(=O)C(NC(=O)CN(C)C)CCc2c1ccc(Nc1ncc(Cl)c(NC3[C@@H](C(N)=O)[C@@H]4C=C[C@H]3C4)n1)c2OC. The molecule has 1 aromatic heterocycles. The first-order valence-corrected chi connectivity index (χ1v) is 14.5. The van der Waals surface area contributed by atoms with Crippen LogP contribution in [-0.2, 0) is 20.8 Å². The van der Waals surface area contributed by atoms with E-state index in [4.69, 9.17) is 22.1 Å². The van der Waals surface area contributed by atoms with Crippen LogP contribution in [0.3, 0.4) is 0 Å². The first-order chi connectivity index (χ1) is 20.1. The van der Waals surface area contributed by atoms with E-state index in [-0.39, 0.29) is 54.0 Å². The fraction of sp³-hybridized carbons (Fsp3) is 0.483. The molecule has 2 aliphatic carbocycles. The molecule has 0 spiro atoms. The van der Waals surface area contributed by atoms with Crippen molar-refractivity contribution >= 4 is 52.5 Å². The van der Waals surface area contributed by atoms with Gasteiger partial charge in [0.25, 0.3) is 0 Å². The van der Waals surface area contributed by atoms with Crippen molar-refractivity contribution in [2.75, 3.05) is 49.8 Å². The molecule has 0 radical (unpaired) electrons. The summed E-state index contributed by atoms with van der Waals surface area (Å²) in [6.45, 7) is 2.52. The summed E-state index contributed by atoms with van der Waals surface area (Å²) >= 11 is 6.46. The predicted molar refractivity (Wildman–Crippen MR) is 161 cm³/mol.